The summed E-state index contributed by atoms with van der Waals surface area (Å²) in [5.74, 6) is 0. The molecule has 250 valence electrons. The first-order valence-corrected chi connectivity index (χ1v) is 18.7. The molecule has 0 aliphatic carbocycles. The molecule has 0 aromatic heterocycles. The molecule has 0 nitrogen and oxygen atoms in total. The highest BCUT2D eigenvalue weighted by Crippen LogP contribution is 2.42. The average Bonchev–Trinajstić information content (AvgIpc) is 3.25. The number of hydrogen-bond acceptors (Lipinski definition) is 0. The molecule has 0 heterocycles. The summed E-state index contributed by atoms with van der Waals surface area (Å²) in [6.07, 6.45) is 0. The predicted octanol–water partition coefficient (Wildman–Crippen LogP) is 15.3. The van der Waals surface area contributed by atoms with Crippen molar-refractivity contribution in [3.05, 3.63) is 206 Å². The summed E-state index contributed by atoms with van der Waals surface area (Å²) in [6, 6.07) is 76.3. The maximum absolute atomic E-state index is 2.40. The molecule has 0 aliphatic heterocycles. The summed E-state index contributed by atoms with van der Waals surface area (Å²) < 4.78 is 0. The van der Waals surface area contributed by atoms with E-state index in [1.54, 1.807) is 0 Å². The van der Waals surface area contributed by atoms with Gasteiger partial charge in [0.25, 0.3) is 0 Å². The molecule has 0 spiro atoms. The van der Waals surface area contributed by atoms with E-state index in [-0.39, 0.29) is 0 Å². The Labute approximate surface area is 314 Å². The first kappa shape index (κ1) is 30.6. The topological polar surface area (TPSA) is 0 Å². The number of fused-ring (bicyclic) bond motifs is 8. The molecule has 0 bridgehead atoms. The molecular formula is C54H34. The molecule has 11 rings (SSSR count). The van der Waals surface area contributed by atoms with Crippen molar-refractivity contribution < 1.29 is 0 Å². The third kappa shape index (κ3) is 5.07. The lowest BCUT2D eigenvalue weighted by atomic mass is 9.88. The van der Waals surface area contributed by atoms with E-state index in [9.17, 15) is 0 Å². The average molecular weight is 683 g/mol. The second-order valence-corrected chi connectivity index (χ2v) is 14.5. The van der Waals surface area contributed by atoms with Crippen molar-refractivity contribution in [2.24, 2.45) is 0 Å². The number of hydrogen-bond donors (Lipinski definition) is 0. The van der Waals surface area contributed by atoms with Crippen molar-refractivity contribution in [1.29, 1.82) is 0 Å². The van der Waals surface area contributed by atoms with Crippen LogP contribution in [0.4, 0.5) is 0 Å². The molecule has 0 unspecified atom stereocenters. The van der Waals surface area contributed by atoms with Gasteiger partial charge in [-0.3, -0.25) is 0 Å². The van der Waals surface area contributed by atoms with Crippen molar-refractivity contribution in [1.82, 2.24) is 0 Å². The van der Waals surface area contributed by atoms with Gasteiger partial charge in [-0.2, -0.15) is 0 Å². The molecule has 0 saturated heterocycles. The van der Waals surface area contributed by atoms with Crippen LogP contribution in [-0.4, -0.2) is 0 Å². The molecule has 0 radical (unpaired) electrons. The largest absolute Gasteiger partial charge is 0.0616 e. The molecule has 0 aliphatic rings. The monoisotopic (exact) mass is 682 g/mol. The van der Waals surface area contributed by atoms with Crippen LogP contribution < -0.4 is 0 Å². The van der Waals surface area contributed by atoms with Crippen LogP contribution in [0.3, 0.4) is 0 Å². The second kappa shape index (κ2) is 12.3. The van der Waals surface area contributed by atoms with Gasteiger partial charge in [0, 0.05) is 0 Å². The van der Waals surface area contributed by atoms with Gasteiger partial charge in [0.2, 0.25) is 0 Å². The van der Waals surface area contributed by atoms with Gasteiger partial charge in [-0.05, 0) is 152 Å². The molecular weight excluding hydrogens is 649 g/mol. The van der Waals surface area contributed by atoms with Gasteiger partial charge >= 0.3 is 0 Å². The summed E-state index contributed by atoms with van der Waals surface area (Å²) in [7, 11) is 0. The molecule has 54 heavy (non-hydrogen) atoms. The Bertz CT molecular complexity index is 3060. The first-order chi connectivity index (χ1) is 26.7. The van der Waals surface area contributed by atoms with Crippen LogP contribution in [0.5, 0.6) is 0 Å². The van der Waals surface area contributed by atoms with Crippen LogP contribution in [0.25, 0.3) is 109 Å². The van der Waals surface area contributed by atoms with Crippen LogP contribution in [-0.2, 0) is 0 Å². The van der Waals surface area contributed by atoms with Gasteiger partial charge in [0.1, 0.15) is 0 Å². The maximum Gasteiger partial charge on any atom is -0.00928 e. The third-order valence-corrected chi connectivity index (χ3v) is 11.4. The molecule has 0 atom stereocenters. The number of benzene rings is 11. The Morgan fingerprint density at radius 3 is 1.04 bits per heavy atom. The molecule has 11 aromatic rings. The van der Waals surface area contributed by atoms with E-state index >= 15 is 0 Å². The molecule has 0 N–H and O–H groups in total. The van der Waals surface area contributed by atoms with Crippen LogP contribution >= 0.6 is 0 Å². The van der Waals surface area contributed by atoms with Gasteiger partial charge in [-0.1, -0.05) is 164 Å². The minimum Gasteiger partial charge on any atom is -0.0616 e. The number of rotatable bonds is 4. The standard InChI is InChI=1S/C54H34/c1-3-12-37-28-39(22-20-35(37)10-1)41-24-26-49-47-18-7-5-14-45(47)33-51(53(49)31-41)43-16-9-17-44(30-43)52-34-46-15-6-8-19-48(46)50-27-25-42(32-54(50)52)40-23-21-36-11-2-4-13-38(36)29-40/h1-34H. The minimum absolute atomic E-state index is 1.21. The van der Waals surface area contributed by atoms with E-state index in [1.165, 1.54) is 109 Å². The molecule has 11 aromatic carbocycles. The van der Waals surface area contributed by atoms with Crippen molar-refractivity contribution in [3.8, 4) is 44.5 Å². The Morgan fingerprint density at radius 2 is 0.556 bits per heavy atom. The third-order valence-electron chi connectivity index (χ3n) is 11.4. The van der Waals surface area contributed by atoms with E-state index < -0.39 is 0 Å². The van der Waals surface area contributed by atoms with Gasteiger partial charge in [-0.25, -0.2) is 0 Å². The van der Waals surface area contributed by atoms with Crippen LogP contribution in [0.15, 0.2) is 206 Å². The maximum atomic E-state index is 2.40. The van der Waals surface area contributed by atoms with E-state index in [2.05, 4.69) is 206 Å². The fourth-order valence-electron chi connectivity index (χ4n) is 8.64. The quantitative estimate of drug-likeness (QED) is 0.162. The minimum atomic E-state index is 1.21. The van der Waals surface area contributed by atoms with E-state index in [0.29, 0.717) is 0 Å². The summed E-state index contributed by atoms with van der Waals surface area (Å²) in [5, 5.41) is 15.2. The van der Waals surface area contributed by atoms with Gasteiger partial charge in [0.05, 0.1) is 0 Å². The van der Waals surface area contributed by atoms with Crippen molar-refractivity contribution in [2.75, 3.05) is 0 Å². The Morgan fingerprint density at radius 1 is 0.167 bits per heavy atom. The van der Waals surface area contributed by atoms with E-state index in [4.69, 9.17) is 0 Å². The highest BCUT2D eigenvalue weighted by molar-refractivity contribution is 6.17. The van der Waals surface area contributed by atoms with Crippen molar-refractivity contribution >= 4 is 64.6 Å². The Balaban J connectivity index is 1.12. The Kier molecular flexibility index (Phi) is 6.97. The lowest BCUT2D eigenvalue weighted by Crippen LogP contribution is -1.89. The zero-order valence-electron chi connectivity index (χ0n) is 29.6. The lowest BCUT2D eigenvalue weighted by Gasteiger charge is -2.16. The fourth-order valence-corrected chi connectivity index (χ4v) is 8.64. The first-order valence-electron chi connectivity index (χ1n) is 18.7. The summed E-state index contributed by atoms with van der Waals surface area (Å²) in [6.45, 7) is 0. The summed E-state index contributed by atoms with van der Waals surface area (Å²) in [5.41, 5.74) is 9.83. The van der Waals surface area contributed by atoms with Gasteiger partial charge in [0.15, 0.2) is 0 Å². The zero-order valence-corrected chi connectivity index (χ0v) is 29.6. The van der Waals surface area contributed by atoms with E-state index in [0.717, 1.165) is 0 Å². The van der Waals surface area contributed by atoms with Crippen LogP contribution in [0.1, 0.15) is 0 Å². The van der Waals surface area contributed by atoms with Gasteiger partial charge in [-0.15, -0.1) is 0 Å². The highest BCUT2D eigenvalue weighted by Gasteiger charge is 2.15. The Hall–Kier alpha value is -7.02. The van der Waals surface area contributed by atoms with E-state index in [1.807, 2.05) is 0 Å². The molecule has 0 fully saturated rings. The van der Waals surface area contributed by atoms with Crippen molar-refractivity contribution in [3.63, 3.8) is 0 Å². The predicted molar refractivity (Wildman–Crippen MR) is 233 cm³/mol. The lowest BCUT2D eigenvalue weighted by molar-refractivity contribution is 1.63. The fraction of sp³-hybridized carbons (Fsp3) is 0. The summed E-state index contributed by atoms with van der Waals surface area (Å²) in [4.78, 5) is 0. The highest BCUT2D eigenvalue weighted by atomic mass is 14.2. The summed E-state index contributed by atoms with van der Waals surface area (Å²) >= 11 is 0. The second-order valence-electron chi connectivity index (χ2n) is 14.5. The smallest absolute Gasteiger partial charge is 0.00928 e. The molecule has 0 amide bonds. The molecule has 0 saturated carbocycles. The van der Waals surface area contributed by atoms with Crippen LogP contribution in [0.2, 0.25) is 0 Å². The zero-order chi connectivity index (χ0) is 35.6. The van der Waals surface area contributed by atoms with Gasteiger partial charge < -0.3 is 0 Å². The van der Waals surface area contributed by atoms with Crippen LogP contribution in [0, 0.1) is 0 Å². The SMILES string of the molecule is c1cc(-c2cc3ccccc3c3ccc(-c4ccc5ccccc5c4)cc23)cc(-c2cc3ccccc3c3ccc(-c4ccc5ccccc5c4)cc23)c1. The molecule has 0 heteroatoms. The van der Waals surface area contributed by atoms with Crippen molar-refractivity contribution in [2.45, 2.75) is 0 Å². The normalized spacial score (nSPS) is 11.7.